The zero-order chi connectivity index (χ0) is 33.4. The van der Waals surface area contributed by atoms with Crippen molar-refractivity contribution in [3.63, 3.8) is 0 Å². The molecule has 1 aliphatic heterocycles. The molecule has 250 valence electrons. The van der Waals surface area contributed by atoms with Crippen LogP contribution >= 0.6 is 0 Å². The maximum absolute atomic E-state index is 13.8. The maximum atomic E-state index is 13.8. The molecule has 2 aliphatic rings. The third-order valence-electron chi connectivity index (χ3n) is 9.61. The van der Waals surface area contributed by atoms with Crippen molar-refractivity contribution in [3.8, 4) is 11.5 Å². The molecule has 5 rings (SSSR count). The number of rotatable bonds is 13. The maximum Gasteiger partial charge on any atom is 1.00 e. The average molecular weight is 662 g/mol. The van der Waals surface area contributed by atoms with Gasteiger partial charge in [-0.3, -0.25) is 9.59 Å². The van der Waals surface area contributed by atoms with Crippen LogP contribution in [0.25, 0.3) is 0 Å². The fraction of sp³-hybridized carbons (Fsp3) is 0.475. The first-order valence-corrected chi connectivity index (χ1v) is 17.2. The summed E-state index contributed by atoms with van der Waals surface area (Å²) < 4.78 is 11.7. The van der Waals surface area contributed by atoms with E-state index in [1.165, 1.54) is 32.1 Å². The summed E-state index contributed by atoms with van der Waals surface area (Å²) in [6, 6.07) is 22.2. The van der Waals surface area contributed by atoms with E-state index in [0.717, 1.165) is 58.7 Å². The van der Waals surface area contributed by atoms with Crippen molar-refractivity contribution in [2.45, 2.75) is 103 Å². The van der Waals surface area contributed by atoms with Crippen molar-refractivity contribution in [1.29, 1.82) is 0 Å². The Bertz CT molecular complexity index is 1510. The summed E-state index contributed by atoms with van der Waals surface area (Å²) in [5.41, 5.74) is 4.86. The number of carboxylic acid groups (broad SMARTS) is 1. The van der Waals surface area contributed by atoms with E-state index in [4.69, 9.17) is 9.47 Å². The molecule has 0 radical (unpaired) electrons. The molecule has 0 spiro atoms. The van der Waals surface area contributed by atoms with Crippen LogP contribution in [0, 0.1) is 11.8 Å². The van der Waals surface area contributed by atoms with Crippen LogP contribution in [-0.2, 0) is 31.0 Å². The largest absolute Gasteiger partial charge is 1.00 e. The zero-order valence-electron chi connectivity index (χ0n) is 29.0. The van der Waals surface area contributed by atoms with Gasteiger partial charge in [0, 0.05) is 35.1 Å². The summed E-state index contributed by atoms with van der Waals surface area (Å²) >= 11 is 0. The van der Waals surface area contributed by atoms with Gasteiger partial charge < -0.3 is 24.7 Å². The molecule has 1 N–H and O–H groups in total. The third kappa shape index (κ3) is 10.4. The molecule has 1 unspecified atom stereocenters. The fourth-order valence-corrected chi connectivity index (χ4v) is 7.14. The molecule has 0 aromatic heterocycles. The normalized spacial score (nSPS) is 15.2. The number of carboxylic acids is 1. The second-order valence-corrected chi connectivity index (χ2v) is 14.3. The summed E-state index contributed by atoms with van der Waals surface area (Å²) in [6.45, 7) is 6.74. The van der Waals surface area contributed by atoms with Gasteiger partial charge in [0.1, 0.15) is 11.5 Å². The molecule has 1 amide bonds. The Labute approximate surface area is 307 Å². The van der Waals surface area contributed by atoms with E-state index in [9.17, 15) is 19.5 Å². The SMILES string of the molecule is CC(C)(C)c1ccc(CCC(COC(=O)CCC(=O)[O-])CC2CCCCC2)cc1NC(=O)CC1c2ccccc2Oc2ccccc21.[Na+]. The smallest absolute Gasteiger partial charge is 0.550 e. The van der Waals surface area contributed by atoms with Gasteiger partial charge in [-0.05, 0) is 72.3 Å². The molecular formula is C40H48NNaO6. The number of aryl methyl sites for hydroxylation is 1. The van der Waals surface area contributed by atoms with Gasteiger partial charge in [0.2, 0.25) is 5.91 Å². The number of hydrogen-bond donors (Lipinski definition) is 1. The van der Waals surface area contributed by atoms with Gasteiger partial charge in [0.05, 0.1) is 13.0 Å². The number of ether oxygens (including phenoxy) is 2. The first-order chi connectivity index (χ1) is 22.6. The quantitative estimate of drug-likeness (QED) is 0.208. The number of nitrogens with one attached hydrogen (secondary N) is 1. The van der Waals surface area contributed by atoms with Gasteiger partial charge in [-0.25, -0.2) is 0 Å². The molecule has 7 nitrogen and oxygen atoms in total. The zero-order valence-corrected chi connectivity index (χ0v) is 31.0. The number of fused-ring (bicyclic) bond motifs is 2. The van der Waals surface area contributed by atoms with E-state index in [1.54, 1.807) is 0 Å². The Morgan fingerprint density at radius 3 is 2.19 bits per heavy atom. The summed E-state index contributed by atoms with van der Waals surface area (Å²) in [6.07, 6.45) is 8.57. The second kappa shape index (κ2) is 17.5. The van der Waals surface area contributed by atoms with Crippen LogP contribution < -0.4 is 44.7 Å². The number of para-hydroxylation sites is 2. The Kier molecular flexibility index (Phi) is 13.7. The Hall–Kier alpha value is -3.13. The van der Waals surface area contributed by atoms with Gasteiger partial charge in [0.25, 0.3) is 0 Å². The van der Waals surface area contributed by atoms with Crippen molar-refractivity contribution in [2.75, 3.05) is 11.9 Å². The monoisotopic (exact) mass is 661 g/mol. The van der Waals surface area contributed by atoms with Crippen molar-refractivity contribution >= 4 is 23.5 Å². The van der Waals surface area contributed by atoms with Crippen LogP contribution in [0.5, 0.6) is 11.5 Å². The number of carbonyl (C=O) groups excluding carboxylic acids is 3. The summed E-state index contributed by atoms with van der Waals surface area (Å²) in [7, 11) is 0. The van der Waals surface area contributed by atoms with Crippen LogP contribution in [-0.4, -0.2) is 24.5 Å². The molecule has 3 aromatic rings. The van der Waals surface area contributed by atoms with Crippen molar-refractivity contribution in [1.82, 2.24) is 0 Å². The van der Waals surface area contributed by atoms with Gasteiger partial charge >= 0.3 is 35.5 Å². The Balaban J connectivity index is 0.00000520. The van der Waals surface area contributed by atoms with E-state index >= 15 is 0 Å². The van der Waals surface area contributed by atoms with Crippen LogP contribution in [0.1, 0.15) is 113 Å². The molecular weight excluding hydrogens is 613 g/mol. The topological polar surface area (TPSA) is 105 Å². The Morgan fingerprint density at radius 2 is 1.56 bits per heavy atom. The molecule has 0 saturated heterocycles. The van der Waals surface area contributed by atoms with Crippen LogP contribution in [0.2, 0.25) is 0 Å². The number of benzene rings is 3. The van der Waals surface area contributed by atoms with E-state index in [2.05, 4.69) is 44.3 Å². The minimum absolute atomic E-state index is 0. The molecule has 8 heteroatoms. The van der Waals surface area contributed by atoms with Crippen LogP contribution in [0.4, 0.5) is 5.69 Å². The summed E-state index contributed by atoms with van der Waals surface area (Å²) in [5, 5.41) is 14.1. The first-order valence-electron chi connectivity index (χ1n) is 17.2. The predicted molar refractivity (Wildman–Crippen MR) is 181 cm³/mol. The number of amides is 1. The van der Waals surface area contributed by atoms with Crippen molar-refractivity contribution in [3.05, 3.63) is 89.0 Å². The molecule has 1 aliphatic carbocycles. The fourth-order valence-electron chi connectivity index (χ4n) is 7.14. The van der Waals surface area contributed by atoms with E-state index in [0.29, 0.717) is 12.5 Å². The third-order valence-corrected chi connectivity index (χ3v) is 9.61. The Morgan fingerprint density at radius 1 is 0.917 bits per heavy atom. The molecule has 0 bridgehead atoms. The predicted octanol–water partition coefficient (Wildman–Crippen LogP) is 4.85. The number of hydrogen-bond acceptors (Lipinski definition) is 6. The second-order valence-electron chi connectivity index (χ2n) is 14.3. The van der Waals surface area contributed by atoms with E-state index in [1.807, 2.05) is 48.5 Å². The molecule has 1 heterocycles. The number of aliphatic carboxylic acids is 1. The van der Waals surface area contributed by atoms with Crippen LogP contribution in [0.3, 0.4) is 0 Å². The molecule has 1 saturated carbocycles. The summed E-state index contributed by atoms with van der Waals surface area (Å²) in [5.74, 6) is 0.466. The number of carbonyl (C=O) groups is 3. The molecule has 3 aromatic carbocycles. The van der Waals surface area contributed by atoms with Gasteiger partial charge in [-0.15, -0.1) is 0 Å². The number of esters is 1. The van der Waals surface area contributed by atoms with Gasteiger partial charge in [-0.2, -0.15) is 0 Å². The minimum atomic E-state index is -1.25. The van der Waals surface area contributed by atoms with Crippen molar-refractivity contribution < 1.29 is 58.5 Å². The van der Waals surface area contributed by atoms with E-state index in [-0.39, 0.29) is 72.0 Å². The van der Waals surface area contributed by atoms with Gasteiger partial charge in [-0.1, -0.05) is 101 Å². The van der Waals surface area contributed by atoms with Crippen LogP contribution in [0.15, 0.2) is 66.7 Å². The molecule has 48 heavy (non-hydrogen) atoms. The molecule has 1 atom stereocenters. The standard InChI is InChI=1S/C40H49NO6.Na/c1-40(2,3)33-20-19-28(17-18-29(23-27-11-5-4-6-12-27)26-46-39(45)22-21-38(43)44)24-34(33)41-37(42)25-32-30-13-7-9-15-35(30)47-36-16-10-8-14-31(32)36;/h7-10,13-16,19-20,24,27,29,32H,4-6,11-12,17-18,21-23,25-26H2,1-3H3,(H,41,42)(H,43,44);/q;+1/p-1. The molecule has 1 fully saturated rings. The van der Waals surface area contributed by atoms with E-state index < -0.39 is 11.9 Å². The van der Waals surface area contributed by atoms with Crippen molar-refractivity contribution in [2.24, 2.45) is 11.8 Å². The summed E-state index contributed by atoms with van der Waals surface area (Å²) in [4.78, 5) is 36.8. The average Bonchev–Trinajstić information content (AvgIpc) is 3.05. The first kappa shape index (κ1) is 37.7. The van der Waals surface area contributed by atoms with Gasteiger partial charge in [0.15, 0.2) is 0 Å². The minimum Gasteiger partial charge on any atom is -0.550 e. The number of anilines is 1.